The van der Waals surface area contributed by atoms with Crippen molar-refractivity contribution in [2.24, 2.45) is 5.10 Å². The van der Waals surface area contributed by atoms with E-state index in [0.717, 1.165) is 24.4 Å². The van der Waals surface area contributed by atoms with Crippen molar-refractivity contribution in [1.29, 1.82) is 0 Å². The van der Waals surface area contributed by atoms with Crippen LogP contribution in [0.4, 0.5) is 5.69 Å². The van der Waals surface area contributed by atoms with Gasteiger partial charge in [-0.15, -0.1) is 6.42 Å². The Morgan fingerprint density at radius 1 is 1.50 bits per heavy atom. The second-order valence-electron chi connectivity index (χ2n) is 4.04. The number of ether oxygens (including phenoxy) is 1. The molecule has 1 aliphatic heterocycles. The van der Waals surface area contributed by atoms with E-state index in [1.165, 1.54) is 0 Å². The predicted molar refractivity (Wildman–Crippen MR) is 70.6 cm³/mol. The van der Waals surface area contributed by atoms with E-state index in [9.17, 15) is 4.79 Å². The highest BCUT2D eigenvalue weighted by Crippen LogP contribution is 2.20. The van der Waals surface area contributed by atoms with Crippen LogP contribution in [0.15, 0.2) is 29.4 Å². The zero-order chi connectivity index (χ0) is 13.0. The Bertz CT molecular complexity index is 512. The number of nitrogens with zero attached hydrogens (tertiary/aromatic N) is 2. The van der Waals surface area contributed by atoms with Crippen LogP contribution in [0.25, 0.3) is 0 Å². The highest BCUT2D eigenvalue weighted by atomic mass is 16.5. The summed E-state index contributed by atoms with van der Waals surface area (Å²) in [6, 6.07) is 7.15. The Balaban J connectivity index is 2.06. The second-order valence-corrected chi connectivity index (χ2v) is 4.04. The highest BCUT2D eigenvalue weighted by Gasteiger charge is 2.13. The Morgan fingerprint density at radius 3 is 2.78 bits per heavy atom. The fraction of sp³-hybridized carbons (Fsp3) is 0.286. The molecular weight excluding hydrogens is 228 g/mol. The summed E-state index contributed by atoms with van der Waals surface area (Å²) in [5, 5.41) is 6.31. The van der Waals surface area contributed by atoms with E-state index in [4.69, 9.17) is 11.2 Å². The molecule has 0 atom stereocenters. The maximum Gasteiger partial charge on any atom is 0.339 e. The van der Waals surface area contributed by atoms with Crippen molar-refractivity contribution in [2.45, 2.75) is 13.3 Å². The molecule has 0 bridgehead atoms. The molecule has 4 heteroatoms. The van der Waals surface area contributed by atoms with E-state index in [1.807, 2.05) is 24.1 Å². The van der Waals surface area contributed by atoms with Crippen LogP contribution in [0, 0.1) is 12.3 Å². The molecule has 0 aromatic heterocycles. The standard InChI is InChI=1S/C14H14N2O2/c1-3-10-18-14(17)12-4-6-13(7-5-12)16-9-8-11(2)15-16/h1,4-7H,8-10H2,2H3. The first-order valence-corrected chi connectivity index (χ1v) is 5.73. The molecule has 0 saturated heterocycles. The number of carbonyl (C=O) groups excluding carboxylic acids is 1. The van der Waals surface area contributed by atoms with Gasteiger partial charge in [-0.25, -0.2) is 4.79 Å². The van der Waals surface area contributed by atoms with Crippen molar-refractivity contribution in [3.63, 3.8) is 0 Å². The molecule has 1 heterocycles. The molecule has 2 rings (SSSR count). The first-order valence-electron chi connectivity index (χ1n) is 5.73. The van der Waals surface area contributed by atoms with E-state index < -0.39 is 5.97 Å². The van der Waals surface area contributed by atoms with Crippen molar-refractivity contribution < 1.29 is 9.53 Å². The lowest BCUT2D eigenvalue weighted by Crippen LogP contribution is -2.12. The van der Waals surface area contributed by atoms with Gasteiger partial charge in [-0.1, -0.05) is 5.92 Å². The average molecular weight is 242 g/mol. The van der Waals surface area contributed by atoms with Crippen molar-refractivity contribution >= 4 is 17.4 Å². The summed E-state index contributed by atoms with van der Waals surface area (Å²) in [6.07, 6.45) is 6.00. The third kappa shape index (κ3) is 2.69. The fourth-order valence-electron chi connectivity index (χ4n) is 1.72. The van der Waals surface area contributed by atoms with Crippen molar-refractivity contribution in [1.82, 2.24) is 0 Å². The van der Waals surface area contributed by atoms with Gasteiger partial charge in [0, 0.05) is 18.7 Å². The van der Waals surface area contributed by atoms with Crippen molar-refractivity contribution in [3.8, 4) is 12.3 Å². The zero-order valence-electron chi connectivity index (χ0n) is 10.2. The van der Waals surface area contributed by atoms with Crippen LogP contribution in [0.5, 0.6) is 0 Å². The Hall–Kier alpha value is -2.28. The number of terminal acetylenes is 1. The minimum absolute atomic E-state index is 0.00377. The molecule has 92 valence electrons. The number of rotatable bonds is 3. The fourth-order valence-corrected chi connectivity index (χ4v) is 1.72. The zero-order valence-corrected chi connectivity index (χ0v) is 10.2. The van der Waals surface area contributed by atoms with Gasteiger partial charge in [0.1, 0.15) is 0 Å². The van der Waals surface area contributed by atoms with Crippen molar-refractivity contribution in [3.05, 3.63) is 29.8 Å². The van der Waals surface area contributed by atoms with Gasteiger partial charge in [-0.2, -0.15) is 5.10 Å². The maximum atomic E-state index is 11.5. The summed E-state index contributed by atoms with van der Waals surface area (Å²) >= 11 is 0. The minimum atomic E-state index is -0.402. The molecule has 4 nitrogen and oxygen atoms in total. The number of benzene rings is 1. The van der Waals surface area contributed by atoms with Gasteiger partial charge in [-0.3, -0.25) is 5.01 Å². The van der Waals surface area contributed by atoms with Gasteiger partial charge in [0.05, 0.1) is 11.3 Å². The van der Waals surface area contributed by atoms with E-state index in [2.05, 4.69) is 11.0 Å². The average Bonchev–Trinajstić information content (AvgIpc) is 2.83. The molecule has 0 aliphatic carbocycles. The van der Waals surface area contributed by atoms with Gasteiger partial charge >= 0.3 is 5.97 Å². The summed E-state index contributed by atoms with van der Waals surface area (Å²) in [5.41, 5.74) is 2.58. The lowest BCUT2D eigenvalue weighted by molar-refractivity contribution is 0.0557. The smallest absolute Gasteiger partial charge is 0.339 e. The SMILES string of the molecule is C#CCOC(=O)c1ccc(N2CCC(C)=N2)cc1. The Morgan fingerprint density at radius 2 is 2.22 bits per heavy atom. The molecule has 0 amide bonds. The third-order valence-electron chi connectivity index (χ3n) is 2.66. The van der Waals surface area contributed by atoms with E-state index in [1.54, 1.807) is 12.1 Å². The molecule has 1 aliphatic rings. The monoisotopic (exact) mass is 242 g/mol. The first kappa shape index (κ1) is 12.2. The van der Waals surface area contributed by atoms with Gasteiger partial charge in [0.25, 0.3) is 0 Å². The molecule has 0 N–H and O–H groups in total. The molecule has 18 heavy (non-hydrogen) atoms. The summed E-state index contributed by atoms with van der Waals surface area (Å²) < 4.78 is 4.84. The van der Waals surface area contributed by atoms with Gasteiger partial charge in [-0.05, 0) is 31.2 Å². The quantitative estimate of drug-likeness (QED) is 0.602. The molecule has 0 fully saturated rings. The number of esters is 1. The summed E-state index contributed by atoms with van der Waals surface area (Å²) in [5.74, 6) is 1.86. The Kier molecular flexibility index (Phi) is 3.63. The maximum absolute atomic E-state index is 11.5. The van der Waals surface area contributed by atoms with Crippen LogP contribution < -0.4 is 5.01 Å². The number of hydrogen-bond donors (Lipinski definition) is 0. The third-order valence-corrected chi connectivity index (χ3v) is 2.66. The highest BCUT2D eigenvalue weighted by molar-refractivity contribution is 5.90. The predicted octanol–water partition coefficient (Wildman–Crippen LogP) is 2.06. The molecule has 0 spiro atoms. The molecule has 0 radical (unpaired) electrons. The van der Waals surface area contributed by atoms with Crippen LogP contribution in [0.1, 0.15) is 23.7 Å². The van der Waals surface area contributed by atoms with Crippen LogP contribution >= 0.6 is 0 Å². The summed E-state index contributed by atoms with van der Waals surface area (Å²) in [6.45, 7) is 2.88. The normalized spacial score (nSPS) is 14.0. The number of hydrogen-bond acceptors (Lipinski definition) is 4. The largest absolute Gasteiger partial charge is 0.449 e. The number of anilines is 1. The van der Waals surface area contributed by atoms with Crippen LogP contribution in [-0.4, -0.2) is 24.8 Å². The molecule has 0 unspecified atom stereocenters. The summed E-state index contributed by atoms with van der Waals surface area (Å²) in [4.78, 5) is 11.5. The molecule has 1 aromatic rings. The first-order chi connectivity index (χ1) is 8.70. The topological polar surface area (TPSA) is 41.9 Å². The molecule has 1 aromatic carbocycles. The minimum Gasteiger partial charge on any atom is -0.449 e. The molecule has 0 saturated carbocycles. The van der Waals surface area contributed by atoms with E-state index in [0.29, 0.717) is 5.56 Å². The van der Waals surface area contributed by atoms with Crippen LogP contribution in [-0.2, 0) is 4.74 Å². The van der Waals surface area contributed by atoms with Crippen LogP contribution in [0.3, 0.4) is 0 Å². The van der Waals surface area contributed by atoms with Gasteiger partial charge in [0.2, 0.25) is 0 Å². The van der Waals surface area contributed by atoms with E-state index >= 15 is 0 Å². The van der Waals surface area contributed by atoms with E-state index in [-0.39, 0.29) is 6.61 Å². The summed E-state index contributed by atoms with van der Waals surface area (Å²) in [7, 11) is 0. The van der Waals surface area contributed by atoms with Crippen molar-refractivity contribution in [2.75, 3.05) is 18.2 Å². The Labute approximate surface area is 106 Å². The number of hydrazone groups is 1. The second kappa shape index (κ2) is 5.37. The lowest BCUT2D eigenvalue weighted by atomic mass is 10.2. The molecular formula is C14H14N2O2. The lowest BCUT2D eigenvalue weighted by Gasteiger charge is -2.13. The van der Waals surface area contributed by atoms with Gasteiger partial charge < -0.3 is 4.74 Å². The van der Waals surface area contributed by atoms with Crippen LogP contribution in [0.2, 0.25) is 0 Å². The number of carbonyl (C=O) groups is 1. The van der Waals surface area contributed by atoms with Gasteiger partial charge in [0.15, 0.2) is 6.61 Å².